The van der Waals surface area contributed by atoms with Gasteiger partial charge in [0.1, 0.15) is 12.2 Å². The van der Waals surface area contributed by atoms with Crippen molar-refractivity contribution in [2.24, 2.45) is 0 Å². The van der Waals surface area contributed by atoms with Crippen LogP contribution >= 0.6 is 0 Å². The van der Waals surface area contributed by atoms with Crippen LogP contribution < -0.4 is 19.5 Å². The van der Waals surface area contributed by atoms with Crippen molar-refractivity contribution in [2.75, 3.05) is 19.7 Å². The van der Waals surface area contributed by atoms with Crippen LogP contribution in [0, 0.1) is 0 Å². The first-order valence-electron chi connectivity index (χ1n) is 9.64. The zero-order valence-corrected chi connectivity index (χ0v) is 17.9. The molecule has 0 spiro atoms. The summed E-state index contributed by atoms with van der Waals surface area (Å²) in [5, 5.41) is 2.74. The lowest BCUT2D eigenvalue weighted by Crippen LogP contribution is -2.29. The molecule has 0 unspecified atom stereocenters. The van der Waals surface area contributed by atoms with Crippen molar-refractivity contribution in [3.8, 4) is 11.5 Å². The van der Waals surface area contributed by atoms with E-state index in [2.05, 4.69) is 16.6 Å². The maximum atomic E-state index is 12.4. The number of rotatable bonds is 9. The van der Waals surface area contributed by atoms with Gasteiger partial charge in [0.25, 0.3) is 5.91 Å². The maximum Gasteiger partial charge on any atom is 0.251 e. The molecule has 30 heavy (non-hydrogen) atoms. The number of para-hydroxylation sites is 1. The number of benzene rings is 2. The Balaban J connectivity index is 1.56. The molecule has 0 atom stereocenters. The molecule has 0 fully saturated rings. The molecular weight excluding hydrogens is 404 g/mol. The largest absolute Gasteiger partial charge is 0.488 e. The van der Waals surface area contributed by atoms with Crippen LogP contribution in [0.5, 0.6) is 11.5 Å². The summed E-state index contributed by atoms with van der Waals surface area (Å²) in [7, 11) is -3.69. The van der Waals surface area contributed by atoms with Crippen LogP contribution in [0.15, 0.2) is 60.0 Å². The molecule has 7 nitrogen and oxygen atoms in total. The highest BCUT2D eigenvalue weighted by Crippen LogP contribution is 2.41. The second kappa shape index (κ2) is 8.89. The second-order valence-corrected chi connectivity index (χ2v) is 9.32. The first-order valence-corrected chi connectivity index (χ1v) is 11.1. The van der Waals surface area contributed by atoms with Gasteiger partial charge in [-0.2, -0.15) is 0 Å². The van der Waals surface area contributed by atoms with Gasteiger partial charge in [-0.1, -0.05) is 24.3 Å². The number of hydrogen-bond acceptors (Lipinski definition) is 5. The number of nitrogens with one attached hydrogen (secondary N) is 2. The number of sulfonamides is 1. The standard InChI is InChI=1S/C22H26N2O5S/c1-4-11-24-30(26,27)18-9-5-7-16(14-18)21(25)23-12-13-28-19-10-6-8-17-15-22(2,3)29-20(17)19/h4-10,14,24H,1,11-13,15H2,2-3H3,(H,23,25). The molecule has 2 N–H and O–H groups in total. The molecule has 1 aliphatic heterocycles. The lowest BCUT2D eigenvalue weighted by molar-refractivity contribution is 0.0946. The topological polar surface area (TPSA) is 93.7 Å². The molecule has 3 rings (SSSR count). The Labute approximate surface area is 177 Å². The van der Waals surface area contributed by atoms with Crippen molar-refractivity contribution < 1.29 is 22.7 Å². The third-order valence-electron chi connectivity index (χ3n) is 4.52. The number of hydrogen-bond donors (Lipinski definition) is 2. The molecule has 0 saturated carbocycles. The van der Waals surface area contributed by atoms with Crippen LogP contribution in [-0.4, -0.2) is 39.6 Å². The molecule has 2 aromatic rings. The first-order chi connectivity index (χ1) is 14.2. The molecule has 0 aromatic heterocycles. The van der Waals surface area contributed by atoms with E-state index in [0.717, 1.165) is 17.7 Å². The fourth-order valence-electron chi connectivity index (χ4n) is 3.19. The van der Waals surface area contributed by atoms with Gasteiger partial charge < -0.3 is 14.8 Å². The Kier molecular flexibility index (Phi) is 6.48. The van der Waals surface area contributed by atoms with Gasteiger partial charge in [0, 0.05) is 24.1 Å². The SMILES string of the molecule is C=CCNS(=O)(=O)c1cccc(C(=O)NCCOc2cccc3c2OC(C)(C)C3)c1. The minimum absolute atomic E-state index is 0.0212. The van der Waals surface area contributed by atoms with E-state index in [-0.39, 0.29) is 41.7 Å². The lowest BCUT2D eigenvalue weighted by Gasteiger charge is -2.18. The smallest absolute Gasteiger partial charge is 0.251 e. The summed E-state index contributed by atoms with van der Waals surface area (Å²) in [4.78, 5) is 12.4. The predicted octanol–water partition coefficient (Wildman–Crippen LogP) is 2.67. The van der Waals surface area contributed by atoms with E-state index in [9.17, 15) is 13.2 Å². The molecule has 0 radical (unpaired) electrons. The summed E-state index contributed by atoms with van der Waals surface area (Å²) in [6.45, 7) is 8.16. The normalized spacial score (nSPS) is 14.5. The molecule has 160 valence electrons. The number of fused-ring (bicyclic) bond motifs is 1. The summed E-state index contributed by atoms with van der Waals surface area (Å²) >= 11 is 0. The van der Waals surface area contributed by atoms with E-state index in [0.29, 0.717) is 5.75 Å². The highest BCUT2D eigenvalue weighted by molar-refractivity contribution is 7.89. The highest BCUT2D eigenvalue weighted by atomic mass is 32.2. The van der Waals surface area contributed by atoms with Crippen LogP contribution in [-0.2, 0) is 16.4 Å². The maximum absolute atomic E-state index is 12.4. The van der Waals surface area contributed by atoms with Crippen molar-refractivity contribution in [1.29, 1.82) is 0 Å². The summed E-state index contributed by atoms with van der Waals surface area (Å²) in [6.07, 6.45) is 2.26. The first kappa shape index (κ1) is 21.9. The van der Waals surface area contributed by atoms with Gasteiger partial charge in [0.05, 0.1) is 11.4 Å². The average Bonchev–Trinajstić information content (AvgIpc) is 3.04. The van der Waals surface area contributed by atoms with Gasteiger partial charge in [0.2, 0.25) is 10.0 Å². The third kappa shape index (κ3) is 5.20. The van der Waals surface area contributed by atoms with E-state index < -0.39 is 10.0 Å². The zero-order valence-electron chi connectivity index (χ0n) is 17.1. The number of amides is 1. The van der Waals surface area contributed by atoms with E-state index in [1.54, 1.807) is 6.07 Å². The van der Waals surface area contributed by atoms with Crippen LogP contribution in [0.4, 0.5) is 0 Å². The predicted molar refractivity (Wildman–Crippen MR) is 115 cm³/mol. The van der Waals surface area contributed by atoms with Gasteiger partial charge in [0.15, 0.2) is 11.5 Å². The summed E-state index contributed by atoms with van der Waals surface area (Å²) < 4.78 is 38.5. The Hall–Kier alpha value is -2.84. The van der Waals surface area contributed by atoms with Crippen molar-refractivity contribution in [3.63, 3.8) is 0 Å². The number of carbonyl (C=O) groups excluding carboxylic acids is 1. The fourth-order valence-corrected chi connectivity index (χ4v) is 4.23. The quantitative estimate of drug-likeness (QED) is 0.471. The molecule has 1 aliphatic rings. The van der Waals surface area contributed by atoms with Gasteiger partial charge in [-0.05, 0) is 38.1 Å². The van der Waals surface area contributed by atoms with Gasteiger partial charge in [-0.3, -0.25) is 4.79 Å². The van der Waals surface area contributed by atoms with Gasteiger partial charge in [-0.15, -0.1) is 6.58 Å². The van der Waals surface area contributed by atoms with Crippen LogP contribution in [0.3, 0.4) is 0 Å². The van der Waals surface area contributed by atoms with E-state index in [4.69, 9.17) is 9.47 Å². The highest BCUT2D eigenvalue weighted by Gasteiger charge is 2.32. The van der Waals surface area contributed by atoms with E-state index in [1.165, 1.54) is 24.3 Å². The zero-order chi connectivity index (χ0) is 21.8. The molecule has 1 heterocycles. The minimum atomic E-state index is -3.69. The van der Waals surface area contributed by atoms with Crippen LogP contribution in [0.25, 0.3) is 0 Å². The Morgan fingerprint density at radius 1 is 1.27 bits per heavy atom. The van der Waals surface area contributed by atoms with Crippen molar-refractivity contribution in [1.82, 2.24) is 10.0 Å². The van der Waals surface area contributed by atoms with Crippen LogP contribution in [0.2, 0.25) is 0 Å². The molecule has 8 heteroatoms. The van der Waals surface area contributed by atoms with Crippen LogP contribution in [0.1, 0.15) is 29.8 Å². The summed E-state index contributed by atoms with van der Waals surface area (Å²) in [5.41, 5.74) is 1.09. The average molecular weight is 431 g/mol. The Morgan fingerprint density at radius 2 is 2.03 bits per heavy atom. The monoisotopic (exact) mass is 430 g/mol. The van der Waals surface area contributed by atoms with E-state index >= 15 is 0 Å². The lowest BCUT2D eigenvalue weighted by atomic mass is 10.0. The van der Waals surface area contributed by atoms with Crippen molar-refractivity contribution >= 4 is 15.9 Å². The Bertz CT molecular complexity index is 1050. The molecule has 0 aliphatic carbocycles. The van der Waals surface area contributed by atoms with Crippen molar-refractivity contribution in [2.45, 2.75) is 30.8 Å². The third-order valence-corrected chi connectivity index (χ3v) is 5.95. The molecule has 0 saturated heterocycles. The Morgan fingerprint density at radius 3 is 2.80 bits per heavy atom. The van der Waals surface area contributed by atoms with Gasteiger partial charge >= 0.3 is 0 Å². The van der Waals surface area contributed by atoms with E-state index in [1.807, 2.05) is 32.0 Å². The number of carbonyl (C=O) groups is 1. The second-order valence-electron chi connectivity index (χ2n) is 7.56. The minimum Gasteiger partial charge on any atom is -0.488 e. The molecular formula is C22H26N2O5S. The molecule has 2 aromatic carbocycles. The molecule has 1 amide bonds. The number of ether oxygens (including phenoxy) is 2. The molecule has 0 bridgehead atoms. The van der Waals surface area contributed by atoms with Crippen molar-refractivity contribution in [3.05, 3.63) is 66.2 Å². The summed E-state index contributed by atoms with van der Waals surface area (Å²) in [6, 6.07) is 11.6. The fraction of sp³-hybridized carbons (Fsp3) is 0.318. The summed E-state index contributed by atoms with van der Waals surface area (Å²) in [5.74, 6) is 1.02. The van der Waals surface area contributed by atoms with Gasteiger partial charge in [-0.25, -0.2) is 13.1 Å².